The predicted octanol–water partition coefficient (Wildman–Crippen LogP) is 2.75. The molecule has 0 aliphatic carbocycles. The van der Waals surface area contributed by atoms with E-state index in [2.05, 4.69) is 23.1 Å². The molecule has 3 nitrogen and oxygen atoms in total. The highest BCUT2D eigenvalue weighted by Crippen LogP contribution is 2.39. The van der Waals surface area contributed by atoms with Crippen LogP contribution in [0.2, 0.25) is 0 Å². The number of aryl methyl sites for hydroxylation is 1. The SMILES string of the molecule is CC(N)C1CCCCN1C(=O)C1SCCc2ccccc21. The Morgan fingerprint density at radius 2 is 2.19 bits per heavy atom. The molecule has 21 heavy (non-hydrogen) atoms. The van der Waals surface area contributed by atoms with Crippen molar-refractivity contribution in [2.24, 2.45) is 5.73 Å². The van der Waals surface area contributed by atoms with Crippen LogP contribution in [0.25, 0.3) is 0 Å². The van der Waals surface area contributed by atoms with E-state index in [4.69, 9.17) is 5.73 Å². The number of benzene rings is 1. The lowest BCUT2D eigenvalue weighted by Gasteiger charge is -2.40. The van der Waals surface area contributed by atoms with Gasteiger partial charge in [-0.25, -0.2) is 0 Å². The number of likely N-dealkylation sites (tertiary alicyclic amines) is 1. The third-order valence-corrected chi connectivity index (χ3v) is 5.89. The van der Waals surface area contributed by atoms with E-state index in [0.29, 0.717) is 0 Å². The van der Waals surface area contributed by atoms with Crippen molar-refractivity contribution in [3.63, 3.8) is 0 Å². The lowest BCUT2D eigenvalue weighted by atomic mass is 9.95. The zero-order valence-corrected chi connectivity index (χ0v) is 13.4. The zero-order chi connectivity index (χ0) is 14.8. The minimum Gasteiger partial charge on any atom is -0.337 e. The van der Waals surface area contributed by atoms with E-state index in [9.17, 15) is 4.79 Å². The van der Waals surface area contributed by atoms with E-state index in [1.54, 1.807) is 11.8 Å². The highest BCUT2D eigenvalue weighted by atomic mass is 32.2. The summed E-state index contributed by atoms with van der Waals surface area (Å²) >= 11 is 1.79. The molecule has 4 heteroatoms. The Kier molecular flexibility index (Phi) is 4.55. The van der Waals surface area contributed by atoms with Crippen molar-refractivity contribution in [1.29, 1.82) is 0 Å². The number of carbonyl (C=O) groups is 1. The number of nitrogens with two attached hydrogens (primary N) is 1. The number of carbonyl (C=O) groups excluding carboxylic acids is 1. The van der Waals surface area contributed by atoms with E-state index >= 15 is 0 Å². The summed E-state index contributed by atoms with van der Waals surface area (Å²) < 4.78 is 0. The molecule has 3 rings (SSSR count). The quantitative estimate of drug-likeness (QED) is 0.914. The van der Waals surface area contributed by atoms with Crippen LogP contribution in [-0.2, 0) is 11.2 Å². The second-order valence-electron chi connectivity index (χ2n) is 6.15. The van der Waals surface area contributed by atoms with Gasteiger partial charge in [0, 0.05) is 18.6 Å². The maximum absolute atomic E-state index is 13.1. The first-order valence-electron chi connectivity index (χ1n) is 7.94. The first kappa shape index (κ1) is 14.9. The van der Waals surface area contributed by atoms with Crippen molar-refractivity contribution >= 4 is 17.7 Å². The lowest BCUT2D eigenvalue weighted by molar-refractivity contribution is -0.134. The third kappa shape index (κ3) is 2.97. The largest absolute Gasteiger partial charge is 0.337 e. The summed E-state index contributed by atoms with van der Waals surface area (Å²) in [5.74, 6) is 1.30. The molecule has 2 N–H and O–H groups in total. The van der Waals surface area contributed by atoms with Crippen LogP contribution < -0.4 is 5.73 Å². The molecule has 2 aliphatic rings. The molecule has 1 aromatic rings. The number of hydrogen-bond donors (Lipinski definition) is 1. The fraction of sp³-hybridized carbons (Fsp3) is 0.588. The molecule has 1 amide bonds. The van der Waals surface area contributed by atoms with Crippen LogP contribution in [0.5, 0.6) is 0 Å². The van der Waals surface area contributed by atoms with Gasteiger partial charge in [0.05, 0.1) is 0 Å². The van der Waals surface area contributed by atoms with Gasteiger partial charge in [0.15, 0.2) is 0 Å². The summed E-state index contributed by atoms with van der Waals surface area (Å²) in [6, 6.07) is 8.66. The Labute approximate surface area is 131 Å². The number of fused-ring (bicyclic) bond motifs is 1. The van der Waals surface area contributed by atoms with E-state index in [1.807, 2.05) is 13.0 Å². The van der Waals surface area contributed by atoms with Gasteiger partial charge in [-0.3, -0.25) is 4.79 Å². The highest BCUT2D eigenvalue weighted by Gasteiger charge is 2.35. The maximum Gasteiger partial charge on any atom is 0.240 e. The molecular formula is C17H24N2OS. The summed E-state index contributed by atoms with van der Waals surface area (Å²) in [7, 11) is 0. The number of hydrogen-bond acceptors (Lipinski definition) is 3. The van der Waals surface area contributed by atoms with Gasteiger partial charge in [-0.1, -0.05) is 24.3 Å². The van der Waals surface area contributed by atoms with E-state index < -0.39 is 0 Å². The normalized spacial score (nSPS) is 27.0. The summed E-state index contributed by atoms with van der Waals surface area (Å²) in [6.45, 7) is 2.89. The van der Waals surface area contributed by atoms with Crippen LogP contribution in [0.15, 0.2) is 24.3 Å². The number of piperidine rings is 1. The zero-order valence-electron chi connectivity index (χ0n) is 12.6. The lowest BCUT2D eigenvalue weighted by Crippen LogP contribution is -2.52. The molecule has 2 aliphatic heterocycles. The van der Waals surface area contributed by atoms with Gasteiger partial charge < -0.3 is 10.6 Å². The predicted molar refractivity (Wildman–Crippen MR) is 88.3 cm³/mol. The average Bonchev–Trinajstić information content (AvgIpc) is 2.53. The summed E-state index contributed by atoms with van der Waals surface area (Å²) in [5, 5.41) is -0.0331. The number of nitrogens with zero attached hydrogens (tertiary/aromatic N) is 1. The average molecular weight is 304 g/mol. The molecule has 3 atom stereocenters. The standard InChI is InChI=1S/C17H24N2OS/c1-12(18)15-8-4-5-10-19(15)17(20)16-14-7-3-2-6-13(14)9-11-21-16/h2-3,6-7,12,15-16H,4-5,8-11,18H2,1H3. The van der Waals surface area contributed by atoms with Crippen molar-refractivity contribution < 1.29 is 4.79 Å². The monoisotopic (exact) mass is 304 g/mol. The number of rotatable bonds is 2. The van der Waals surface area contributed by atoms with Gasteiger partial charge in [0.25, 0.3) is 0 Å². The van der Waals surface area contributed by atoms with Crippen LogP contribution in [-0.4, -0.2) is 35.2 Å². The van der Waals surface area contributed by atoms with Gasteiger partial charge in [-0.05, 0) is 49.5 Å². The van der Waals surface area contributed by atoms with E-state index in [-0.39, 0.29) is 23.2 Å². The van der Waals surface area contributed by atoms with Crippen molar-refractivity contribution in [3.05, 3.63) is 35.4 Å². The molecule has 0 radical (unpaired) electrons. The molecule has 3 unspecified atom stereocenters. The Morgan fingerprint density at radius 1 is 1.38 bits per heavy atom. The Bertz CT molecular complexity index is 517. The third-order valence-electron chi connectivity index (χ3n) is 4.66. The second-order valence-corrected chi connectivity index (χ2v) is 7.37. The van der Waals surface area contributed by atoms with Gasteiger partial charge in [-0.15, -0.1) is 11.8 Å². The molecule has 1 aromatic carbocycles. The Morgan fingerprint density at radius 3 is 3.00 bits per heavy atom. The van der Waals surface area contributed by atoms with Crippen molar-refractivity contribution in [3.8, 4) is 0 Å². The van der Waals surface area contributed by atoms with Crippen molar-refractivity contribution in [1.82, 2.24) is 4.90 Å². The van der Waals surface area contributed by atoms with Crippen LogP contribution in [0.4, 0.5) is 0 Å². The minimum atomic E-state index is -0.0331. The molecule has 2 heterocycles. The molecule has 0 aromatic heterocycles. The number of thioether (sulfide) groups is 1. The molecular weight excluding hydrogens is 280 g/mol. The number of amides is 1. The first-order valence-corrected chi connectivity index (χ1v) is 8.99. The summed E-state index contributed by atoms with van der Waals surface area (Å²) in [6.07, 6.45) is 4.40. The molecule has 114 valence electrons. The van der Waals surface area contributed by atoms with Crippen molar-refractivity contribution in [2.45, 2.75) is 49.9 Å². The van der Waals surface area contributed by atoms with Crippen LogP contribution >= 0.6 is 11.8 Å². The van der Waals surface area contributed by atoms with E-state index in [1.165, 1.54) is 17.5 Å². The second kappa shape index (κ2) is 6.41. The fourth-order valence-corrected chi connectivity index (χ4v) is 4.79. The van der Waals surface area contributed by atoms with Crippen LogP contribution in [0, 0.1) is 0 Å². The van der Waals surface area contributed by atoms with Crippen LogP contribution in [0.3, 0.4) is 0 Å². The topological polar surface area (TPSA) is 46.3 Å². The molecule has 0 bridgehead atoms. The molecule has 0 saturated carbocycles. The van der Waals surface area contributed by atoms with E-state index in [0.717, 1.165) is 31.6 Å². The van der Waals surface area contributed by atoms with Gasteiger partial charge >= 0.3 is 0 Å². The Hall–Kier alpha value is -1.00. The maximum atomic E-state index is 13.1. The van der Waals surface area contributed by atoms with Gasteiger partial charge in [0.2, 0.25) is 5.91 Å². The Balaban J connectivity index is 1.85. The minimum absolute atomic E-state index is 0.0331. The molecule has 1 saturated heterocycles. The fourth-order valence-electron chi connectivity index (χ4n) is 3.53. The smallest absolute Gasteiger partial charge is 0.240 e. The first-order chi connectivity index (χ1) is 10.2. The van der Waals surface area contributed by atoms with Crippen LogP contribution in [0.1, 0.15) is 42.6 Å². The van der Waals surface area contributed by atoms with Crippen molar-refractivity contribution in [2.75, 3.05) is 12.3 Å². The van der Waals surface area contributed by atoms with Gasteiger partial charge in [-0.2, -0.15) is 0 Å². The molecule has 1 fully saturated rings. The highest BCUT2D eigenvalue weighted by molar-refractivity contribution is 8.00. The molecule has 0 spiro atoms. The van der Waals surface area contributed by atoms with Gasteiger partial charge in [0.1, 0.15) is 5.25 Å². The summed E-state index contributed by atoms with van der Waals surface area (Å²) in [5.41, 5.74) is 8.67. The summed E-state index contributed by atoms with van der Waals surface area (Å²) in [4.78, 5) is 15.1.